The molecule has 0 amide bonds. The molecule has 0 aliphatic carbocycles. The highest BCUT2D eigenvalue weighted by molar-refractivity contribution is 7.26. The van der Waals surface area contributed by atoms with Crippen molar-refractivity contribution in [1.82, 2.24) is 19.1 Å². The third-order valence-corrected chi connectivity index (χ3v) is 11.2. The Morgan fingerprint density at radius 1 is 0.353 bits per heavy atom. The summed E-state index contributed by atoms with van der Waals surface area (Å²) in [7, 11) is 0. The minimum Gasteiger partial charge on any atom is -0.309 e. The number of hydrogen-bond donors (Lipinski definition) is 0. The van der Waals surface area contributed by atoms with Crippen molar-refractivity contribution in [3.63, 3.8) is 0 Å². The zero-order valence-corrected chi connectivity index (χ0v) is 28.2. The van der Waals surface area contributed by atoms with Crippen LogP contribution in [0.2, 0.25) is 0 Å². The number of benzene rings is 7. The first-order valence-corrected chi connectivity index (χ1v) is 18.0. The lowest BCUT2D eigenvalue weighted by atomic mass is 10.1. The van der Waals surface area contributed by atoms with Gasteiger partial charge in [-0.15, -0.1) is 11.3 Å². The minimum absolute atomic E-state index is 0.661. The highest BCUT2D eigenvalue weighted by Gasteiger charge is 2.20. The van der Waals surface area contributed by atoms with Gasteiger partial charge in [-0.3, -0.25) is 4.57 Å². The fraction of sp³-hybridized carbons (Fsp3) is 0. The minimum atomic E-state index is 0.661. The average molecular weight is 669 g/mol. The second-order valence-corrected chi connectivity index (χ2v) is 14.1. The SMILES string of the molecule is c1ccc(-c2cc(-c3ccccc3)nc(-n3c4ccccc4c4cc5sc6cc7c(cc6c5cc43)c3ccccc3n7-c3ccccc3)n2)cc1. The molecule has 0 radical (unpaired) electrons. The van der Waals surface area contributed by atoms with Crippen LogP contribution in [0.1, 0.15) is 0 Å². The van der Waals surface area contributed by atoms with Gasteiger partial charge in [0.2, 0.25) is 5.95 Å². The molecular formula is C46H28N4S. The van der Waals surface area contributed by atoms with E-state index in [1.54, 1.807) is 0 Å². The highest BCUT2D eigenvalue weighted by Crippen LogP contribution is 2.44. The smallest absolute Gasteiger partial charge is 0.235 e. The van der Waals surface area contributed by atoms with Crippen LogP contribution in [0, 0.1) is 0 Å². The summed E-state index contributed by atoms with van der Waals surface area (Å²) in [4.78, 5) is 10.5. The van der Waals surface area contributed by atoms with E-state index in [2.05, 4.69) is 167 Å². The molecule has 4 nitrogen and oxygen atoms in total. The normalized spacial score (nSPS) is 11.9. The molecule has 51 heavy (non-hydrogen) atoms. The predicted molar refractivity (Wildman–Crippen MR) is 214 cm³/mol. The Kier molecular flexibility index (Phi) is 6.09. The molecule has 0 unspecified atom stereocenters. The lowest BCUT2D eigenvalue weighted by Crippen LogP contribution is -2.03. The van der Waals surface area contributed by atoms with Crippen molar-refractivity contribution < 1.29 is 0 Å². The molecule has 0 aliphatic rings. The summed E-state index contributed by atoms with van der Waals surface area (Å²) in [6.07, 6.45) is 0. The molecule has 11 rings (SSSR count). The number of rotatable bonds is 4. The van der Waals surface area contributed by atoms with Crippen molar-refractivity contribution in [3.05, 3.63) is 170 Å². The van der Waals surface area contributed by atoms with E-state index in [0.717, 1.165) is 33.5 Å². The summed E-state index contributed by atoms with van der Waals surface area (Å²) in [5, 5.41) is 7.41. The molecule has 4 heterocycles. The largest absolute Gasteiger partial charge is 0.309 e. The van der Waals surface area contributed by atoms with Crippen LogP contribution in [-0.2, 0) is 0 Å². The lowest BCUT2D eigenvalue weighted by molar-refractivity contribution is 0.996. The van der Waals surface area contributed by atoms with Gasteiger partial charge in [0.05, 0.1) is 33.5 Å². The standard InChI is InChI=1S/C46H28N4S/c1-4-14-29(15-5-1)38-27-39(30-16-6-2-7-17-30)48-46(47-38)50-41-23-13-11-21-33(41)35-26-44-37(25-42(35)50)36-24-34-32-20-10-12-22-40(32)49(31-18-8-3-9-19-31)43(34)28-45(36)51-44/h1-28H. The number of para-hydroxylation sites is 3. The van der Waals surface area contributed by atoms with Gasteiger partial charge < -0.3 is 4.57 Å². The Balaban J connectivity index is 1.21. The van der Waals surface area contributed by atoms with E-state index in [9.17, 15) is 0 Å². The number of aromatic nitrogens is 4. The van der Waals surface area contributed by atoms with Crippen LogP contribution >= 0.6 is 11.3 Å². The van der Waals surface area contributed by atoms with Crippen molar-refractivity contribution in [2.24, 2.45) is 0 Å². The molecule has 0 saturated carbocycles. The van der Waals surface area contributed by atoms with Crippen LogP contribution in [0.5, 0.6) is 0 Å². The number of fused-ring (bicyclic) bond motifs is 9. The topological polar surface area (TPSA) is 35.6 Å². The fourth-order valence-electron chi connectivity index (χ4n) is 7.82. The molecule has 11 aromatic rings. The molecule has 5 heteroatoms. The van der Waals surface area contributed by atoms with E-state index in [1.165, 1.54) is 58.4 Å². The van der Waals surface area contributed by atoms with Gasteiger partial charge in [-0.25, -0.2) is 9.97 Å². The second kappa shape index (κ2) is 11.0. The molecule has 4 aromatic heterocycles. The van der Waals surface area contributed by atoms with E-state index in [-0.39, 0.29) is 0 Å². The van der Waals surface area contributed by atoms with E-state index in [4.69, 9.17) is 9.97 Å². The first-order valence-electron chi connectivity index (χ1n) is 17.2. The van der Waals surface area contributed by atoms with Crippen molar-refractivity contribution in [2.45, 2.75) is 0 Å². The summed E-state index contributed by atoms with van der Waals surface area (Å²) in [5.41, 5.74) is 9.70. The first-order chi connectivity index (χ1) is 25.3. The molecule has 0 saturated heterocycles. The molecule has 0 N–H and O–H groups in total. The fourth-order valence-corrected chi connectivity index (χ4v) is 8.96. The van der Waals surface area contributed by atoms with Crippen LogP contribution in [0.25, 0.3) is 97.9 Å². The maximum Gasteiger partial charge on any atom is 0.235 e. The summed E-state index contributed by atoms with van der Waals surface area (Å²) in [6.45, 7) is 0. The van der Waals surface area contributed by atoms with Crippen LogP contribution in [0.4, 0.5) is 0 Å². The molecular weight excluding hydrogens is 641 g/mol. The third kappa shape index (κ3) is 4.32. The molecule has 0 spiro atoms. The highest BCUT2D eigenvalue weighted by atomic mass is 32.1. The van der Waals surface area contributed by atoms with Crippen molar-refractivity contribution in [3.8, 4) is 34.2 Å². The molecule has 0 aliphatic heterocycles. The molecule has 0 fully saturated rings. The Bertz CT molecular complexity index is 3060. The summed E-state index contributed by atoms with van der Waals surface area (Å²) >= 11 is 1.86. The van der Waals surface area contributed by atoms with Gasteiger partial charge in [0, 0.05) is 58.5 Å². The number of nitrogens with zero attached hydrogens (tertiary/aromatic N) is 4. The first kappa shape index (κ1) is 28.3. The van der Waals surface area contributed by atoms with Crippen LogP contribution in [0.15, 0.2) is 170 Å². The molecule has 7 aromatic carbocycles. The summed E-state index contributed by atoms with van der Waals surface area (Å²) in [5.74, 6) is 0.661. The van der Waals surface area contributed by atoms with Crippen molar-refractivity contribution in [2.75, 3.05) is 0 Å². The van der Waals surface area contributed by atoms with Crippen LogP contribution in [-0.4, -0.2) is 19.1 Å². The summed E-state index contributed by atoms with van der Waals surface area (Å²) in [6, 6.07) is 60.5. The number of thiophene rings is 1. The van der Waals surface area contributed by atoms with Gasteiger partial charge in [0.15, 0.2) is 0 Å². The molecule has 0 atom stereocenters. The zero-order chi connectivity index (χ0) is 33.5. The predicted octanol–water partition coefficient (Wildman–Crippen LogP) is 12.4. The second-order valence-electron chi connectivity index (χ2n) is 13.0. The van der Waals surface area contributed by atoms with Crippen molar-refractivity contribution >= 4 is 75.1 Å². The third-order valence-electron chi connectivity index (χ3n) is 10.1. The zero-order valence-electron chi connectivity index (χ0n) is 27.4. The van der Waals surface area contributed by atoms with E-state index < -0.39 is 0 Å². The Hall–Kier alpha value is -6.56. The monoisotopic (exact) mass is 668 g/mol. The number of hydrogen-bond acceptors (Lipinski definition) is 3. The van der Waals surface area contributed by atoms with Gasteiger partial charge in [0.25, 0.3) is 0 Å². The van der Waals surface area contributed by atoms with Gasteiger partial charge in [-0.05, 0) is 54.6 Å². The lowest BCUT2D eigenvalue weighted by Gasteiger charge is -2.12. The maximum atomic E-state index is 5.26. The van der Waals surface area contributed by atoms with Gasteiger partial charge in [-0.1, -0.05) is 115 Å². The van der Waals surface area contributed by atoms with Crippen LogP contribution < -0.4 is 0 Å². The van der Waals surface area contributed by atoms with Gasteiger partial charge in [-0.2, -0.15) is 0 Å². The summed E-state index contributed by atoms with van der Waals surface area (Å²) < 4.78 is 7.20. The van der Waals surface area contributed by atoms with Crippen LogP contribution in [0.3, 0.4) is 0 Å². The quantitative estimate of drug-likeness (QED) is 0.187. The van der Waals surface area contributed by atoms with Gasteiger partial charge in [0.1, 0.15) is 0 Å². The average Bonchev–Trinajstić information content (AvgIpc) is 3.83. The Labute approximate surface area is 297 Å². The molecule has 238 valence electrons. The Morgan fingerprint density at radius 2 is 0.843 bits per heavy atom. The molecule has 0 bridgehead atoms. The maximum absolute atomic E-state index is 5.26. The van der Waals surface area contributed by atoms with E-state index >= 15 is 0 Å². The van der Waals surface area contributed by atoms with E-state index in [1.807, 2.05) is 23.5 Å². The van der Waals surface area contributed by atoms with Crippen molar-refractivity contribution in [1.29, 1.82) is 0 Å². The Morgan fingerprint density at radius 3 is 1.49 bits per heavy atom. The van der Waals surface area contributed by atoms with E-state index in [0.29, 0.717) is 5.95 Å². The van der Waals surface area contributed by atoms with Gasteiger partial charge >= 0.3 is 0 Å².